The number of nitrogens with two attached hydrogens (primary N) is 1. The molecule has 2 rings (SSSR count). The van der Waals surface area contributed by atoms with Gasteiger partial charge in [0, 0.05) is 28.6 Å². The van der Waals surface area contributed by atoms with E-state index in [2.05, 4.69) is 16.4 Å². The van der Waals surface area contributed by atoms with Crippen molar-refractivity contribution in [1.82, 2.24) is 10.3 Å². The minimum Gasteiger partial charge on any atom is -0.384 e. The van der Waals surface area contributed by atoms with Crippen LogP contribution in [0.15, 0.2) is 29.6 Å². The summed E-state index contributed by atoms with van der Waals surface area (Å²) >= 11 is 1.70. The lowest BCUT2D eigenvalue weighted by Crippen LogP contribution is -2.34. The monoisotopic (exact) mass is 303 g/mol. The van der Waals surface area contributed by atoms with Crippen LogP contribution in [0, 0.1) is 0 Å². The van der Waals surface area contributed by atoms with E-state index in [4.69, 9.17) is 5.73 Å². The number of pyridine rings is 1. The Morgan fingerprint density at radius 2 is 2.14 bits per heavy atom. The first-order chi connectivity index (χ1) is 9.95. The van der Waals surface area contributed by atoms with Gasteiger partial charge in [-0.25, -0.2) is 4.98 Å². The van der Waals surface area contributed by atoms with Gasteiger partial charge in [0.25, 0.3) is 5.91 Å². The molecule has 1 amide bonds. The molecule has 0 aromatic carbocycles. The normalized spacial score (nSPS) is 12.4. The highest BCUT2D eigenvalue weighted by atomic mass is 32.1. The van der Waals surface area contributed by atoms with Crippen LogP contribution in [0.1, 0.15) is 47.6 Å². The smallest absolute Gasteiger partial charge is 0.251 e. The molecule has 5 heteroatoms. The van der Waals surface area contributed by atoms with Crippen LogP contribution in [0.5, 0.6) is 0 Å². The molecule has 1 unspecified atom stereocenters. The Balaban J connectivity index is 2.06. The van der Waals surface area contributed by atoms with E-state index < -0.39 is 0 Å². The predicted octanol–water partition coefficient (Wildman–Crippen LogP) is 3.21. The maximum absolute atomic E-state index is 12.3. The SMILES string of the molecule is CC(Cc1cccs1)NC(=O)c1cc(N)nc(C(C)C)c1. The number of hydrogen-bond donors (Lipinski definition) is 2. The third-order valence-corrected chi connectivity index (χ3v) is 4.08. The molecule has 2 heterocycles. The van der Waals surface area contributed by atoms with E-state index in [9.17, 15) is 4.79 Å². The number of nitrogens with one attached hydrogen (secondary N) is 1. The van der Waals surface area contributed by atoms with Gasteiger partial charge in [0.05, 0.1) is 0 Å². The zero-order valence-electron chi connectivity index (χ0n) is 12.6. The lowest BCUT2D eigenvalue weighted by Gasteiger charge is -2.14. The van der Waals surface area contributed by atoms with Gasteiger partial charge in [0.1, 0.15) is 5.82 Å². The molecular weight excluding hydrogens is 282 g/mol. The Bertz CT molecular complexity index is 608. The average molecular weight is 303 g/mol. The number of thiophene rings is 1. The Labute approximate surface area is 129 Å². The van der Waals surface area contributed by atoms with Crippen molar-refractivity contribution in [2.45, 2.75) is 39.2 Å². The van der Waals surface area contributed by atoms with Crippen molar-refractivity contribution >= 4 is 23.1 Å². The second kappa shape index (κ2) is 6.72. The van der Waals surface area contributed by atoms with Crippen LogP contribution in [0.25, 0.3) is 0 Å². The fraction of sp³-hybridized carbons (Fsp3) is 0.375. The molecule has 0 fully saturated rings. The van der Waals surface area contributed by atoms with Crippen LogP contribution in [0.3, 0.4) is 0 Å². The number of nitrogens with zero attached hydrogens (tertiary/aromatic N) is 1. The molecule has 3 N–H and O–H groups in total. The van der Waals surface area contributed by atoms with Gasteiger partial charge in [-0.05, 0) is 36.4 Å². The third kappa shape index (κ3) is 4.29. The molecule has 0 saturated heterocycles. The van der Waals surface area contributed by atoms with E-state index in [-0.39, 0.29) is 17.9 Å². The quantitative estimate of drug-likeness (QED) is 0.891. The fourth-order valence-corrected chi connectivity index (χ4v) is 2.92. The minimum atomic E-state index is -0.102. The second-order valence-electron chi connectivity index (χ2n) is 5.52. The average Bonchev–Trinajstić information content (AvgIpc) is 2.90. The Morgan fingerprint density at radius 1 is 1.38 bits per heavy atom. The molecule has 0 aliphatic rings. The van der Waals surface area contributed by atoms with Gasteiger partial charge >= 0.3 is 0 Å². The number of nitrogen functional groups attached to an aromatic ring is 1. The summed E-state index contributed by atoms with van der Waals surface area (Å²) in [6.45, 7) is 6.07. The first-order valence-corrected chi connectivity index (χ1v) is 7.94. The van der Waals surface area contributed by atoms with Gasteiger partial charge < -0.3 is 11.1 Å². The lowest BCUT2D eigenvalue weighted by molar-refractivity contribution is 0.0940. The van der Waals surface area contributed by atoms with E-state index in [1.165, 1.54) is 4.88 Å². The maximum atomic E-state index is 12.3. The molecule has 0 saturated carbocycles. The van der Waals surface area contributed by atoms with E-state index in [1.807, 2.05) is 38.3 Å². The van der Waals surface area contributed by atoms with Crippen molar-refractivity contribution in [3.05, 3.63) is 45.8 Å². The van der Waals surface area contributed by atoms with Crippen LogP contribution in [0.2, 0.25) is 0 Å². The largest absolute Gasteiger partial charge is 0.384 e. The van der Waals surface area contributed by atoms with Gasteiger partial charge in [0.2, 0.25) is 0 Å². The number of carbonyl (C=O) groups excluding carboxylic acids is 1. The molecule has 0 bridgehead atoms. The Morgan fingerprint density at radius 3 is 2.76 bits per heavy atom. The van der Waals surface area contributed by atoms with Gasteiger partial charge in [-0.2, -0.15) is 0 Å². The third-order valence-electron chi connectivity index (χ3n) is 3.18. The van der Waals surface area contributed by atoms with Crippen LogP contribution in [-0.4, -0.2) is 16.9 Å². The van der Waals surface area contributed by atoms with E-state index >= 15 is 0 Å². The van der Waals surface area contributed by atoms with Gasteiger partial charge in [0.15, 0.2) is 0 Å². The van der Waals surface area contributed by atoms with Crippen LogP contribution in [0.4, 0.5) is 5.82 Å². The molecule has 1 atom stereocenters. The summed E-state index contributed by atoms with van der Waals surface area (Å²) in [5.41, 5.74) is 7.20. The molecule has 0 spiro atoms. The molecule has 112 valence electrons. The number of anilines is 1. The Kier molecular flexibility index (Phi) is 4.96. The molecule has 0 radical (unpaired) electrons. The summed E-state index contributed by atoms with van der Waals surface area (Å²) in [6, 6.07) is 7.61. The van der Waals surface area contributed by atoms with Crippen molar-refractivity contribution in [3.8, 4) is 0 Å². The molecule has 4 nitrogen and oxygen atoms in total. The standard InChI is InChI=1S/C16H21N3OS/c1-10(2)14-8-12(9-15(17)19-14)16(20)18-11(3)7-13-5-4-6-21-13/h4-6,8-11H,7H2,1-3H3,(H2,17,19)(H,18,20). The molecule has 2 aromatic heterocycles. The number of carbonyl (C=O) groups is 1. The zero-order chi connectivity index (χ0) is 15.4. The summed E-state index contributed by atoms with van der Waals surface area (Å²) in [5, 5.41) is 5.06. The topological polar surface area (TPSA) is 68.0 Å². The Hall–Kier alpha value is -1.88. The minimum absolute atomic E-state index is 0.0769. The van der Waals surface area contributed by atoms with Crippen LogP contribution >= 0.6 is 11.3 Å². The van der Waals surface area contributed by atoms with Crippen molar-refractivity contribution < 1.29 is 4.79 Å². The van der Waals surface area contributed by atoms with Crippen molar-refractivity contribution in [2.75, 3.05) is 5.73 Å². The second-order valence-corrected chi connectivity index (χ2v) is 6.55. The van der Waals surface area contributed by atoms with E-state index in [1.54, 1.807) is 17.4 Å². The molecule has 0 aliphatic heterocycles. The van der Waals surface area contributed by atoms with Gasteiger partial charge in [-0.3, -0.25) is 4.79 Å². The first kappa shape index (κ1) is 15.5. The molecular formula is C16H21N3OS. The van der Waals surface area contributed by atoms with Crippen molar-refractivity contribution in [3.63, 3.8) is 0 Å². The van der Waals surface area contributed by atoms with Gasteiger partial charge in [-0.15, -0.1) is 11.3 Å². The molecule has 0 aliphatic carbocycles. The number of aromatic nitrogens is 1. The number of rotatable bonds is 5. The van der Waals surface area contributed by atoms with E-state index in [0.29, 0.717) is 11.4 Å². The predicted molar refractivity (Wildman–Crippen MR) is 87.7 cm³/mol. The number of amides is 1. The van der Waals surface area contributed by atoms with E-state index in [0.717, 1.165) is 12.1 Å². The lowest BCUT2D eigenvalue weighted by atomic mass is 10.1. The highest BCUT2D eigenvalue weighted by molar-refractivity contribution is 7.09. The zero-order valence-corrected chi connectivity index (χ0v) is 13.4. The molecule has 21 heavy (non-hydrogen) atoms. The summed E-state index contributed by atoms with van der Waals surface area (Å²) in [7, 11) is 0. The summed E-state index contributed by atoms with van der Waals surface area (Å²) in [4.78, 5) is 17.8. The summed E-state index contributed by atoms with van der Waals surface area (Å²) < 4.78 is 0. The van der Waals surface area contributed by atoms with Crippen molar-refractivity contribution in [2.24, 2.45) is 0 Å². The molecule has 2 aromatic rings. The van der Waals surface area contributed by atoms with Crippen LogP contribution < -0.4 is 11.1 Å². The fourth-order valence-electron chi connectivity index (χ4n) is 2.09. The summed E-state index contributed by atoms with van der Waals surface area (Å²) in [5.74, 6) is 0.524. The highest BCUT2D eigenvalue weighted by Gasteiger charge is 2.13. The van der Waals surface area contributed by atoms with Crippen LogP contribution in [-0.2, 0) is 6.42 Å². The highest BCUT2D eigenvalue weighted by Crippen LogP contribution is 2.16. The summed E-state index contributed by atoms with van der Waals surface area (Å²) in [6.07, 6.45) is 0.834. The van der Waals surface area contributed by atoms with Crippen molar-refractivity contribution in [1.29, 1.82) is 0 Å². The first-order valence-electron chi connectivity index (χ1n) is 7.06. The maximum Gasteiger partial charge on any atom is 0.251 e. The van der Waals surface area contributed by atoms with Gasteiger partial charge in [-0.1, -0.05) is 19.9 Å². The number of hydrogen-bond acceptors (Lipinski definition) is 4.